The van der Waals surface area contributed by atoms with Crippen LogP contribution in [0.2, 0.25) is 0 Å². The van der Waals surface area contributed by atoms with Gasteiger partial charge in [-0.05, 0) is 42.2 Å². The van der Waals surface area contributed by atoms with Crippen LogP contribution in [-0.4, -0.2) is 41.1 Å². The summed E-state index contributed by atoms with van der Waals surface area (Å²) in [6.07, 6.45) is 4.91. The van der Waals surface area contributed by atoms with Gasteiger partial charge in [0.05, 0.1) is 19.6 Å². The molecule has 0 spiro atoms. The minimum atomic E-state index is -2.93. The Hall–Kier alpha value is -2.88. The van der Waals surface area contributed by atoms with Crippen molar-refractivity contribution < 1.29 is 22.7 Å². The molecule has 0 saturated carbocycles. The van der Waals surface area contributed by atoms with Gasteiger partial charge in [0.15, 0.2) is 17.3 Å². The minimum Gasteiger partial charge on any atom is -0.493 e. The molecule has 1 aromatic carbocycles. The predicted octanol–water partition coefficient (Wildman–Crippen LogP) is 3.75. The lowest BCUT2D eigenvalue weighted by atomic mass is 10.2. The van der Waals surface area contributed by atoms with Crippen LogP contribution in [-0.2, 0) is 0 Å². The largest absolute Gasteiger partial charge is 0.493 e. The molecule has 0 fully saturated rings. The molecule has 0 radical (unpaired) electrons. The highest BCUT2D eigenvalue weighted by atomic mass is 32.2. The monoisotopic (exact) mass is 380 g/mol. The Kier molecular flexibility index (Phi) is 5.52. The number of aromatic nitrogens is 3. The van der Waals surface area contributed by atoms with Crippen LogP contribution in [0.5, 0.6) is 11.5 Å². The molecule has 26 heavy (non-hydrogen) atoms. The van der Waals surface area contributed by atoms with Crippen LogP contribution in [0.1, 0.15) is 5.56 Å². The highest BCUT2D eigenvalue weighted by Crippen LogP contribution is 2.29. The molecule has 3 rings (SSSR count). The third-order valence-corrected chi connectivity index (χ3v) is 3.88. The smallest absolute Gasteiger partial charge is 0.387 e. The maximum atomic E-state index is 12.4. The van der Waals surface area contributed by atoms with Gasteiger partial charge in [-0.1, -0.05) is 11.8 Å². The Labute approximate surface area is 151 Å². The number of hydrogen-bond acceptors (Lipinski definition) is 7. The van der Waals surface area contributed by atoms with Gasteiger partial charge in [-0.15, -0.1) is 10.2 Å². The van der Waals surface area contributed by atoms with Crippen molar-refractivity contribution in [2.24, 2.45) is 5.10 Å². The summed E-state index contributed by atoms with van der Waals surface area (Å²) in [7, 11) is 1.37. The molecule has 0 saturated heterocycles. The Balaban J connectivity index is 1.92. The fourth-order valence-corrected chi connectivity index (χ4v) is 2.57. The molecule has 0 amide bonds. The molecule has 0 aliphatic rings. The van der Waals surface area contributed by atoms with Crippen LogP contribution >= 0.6 is 11.8 Å². The number of alkyl halides is 2. The van der Waals surface area contributed by atoms with Crippen LogP contribution < -0.4 is 9.47 Å². The lowest BCUT2D eigenvalue weighted by Gasteiger charge is -2.10. The molecule has 136 valence electrons. The van der Waals surface area contributed by atoms with Gasteiger partial charge in [0.2, 0.25) is 11.0 Å². The molecule has 0 N–H and O–H groups in total. The first-order valence-electron chi connectivity index (χ1n) is 7.33. The highest BCUT2D eigenvalue weighted by molar-refractivity contribution is 7.98. The zero-order valence-electron chi connectivity index (χ0n) is 13.8. The average Bonchev–Trinajstić information content (AvgIpc) is 3.29. The van der Waals surface area contributed by atoms with E-state index >= 15 is 0 Å². The van der Waals surface area contributed by atoms with E-state index in [0.29, 0.717) is 22.3 Å². The number of benzene rings is 1. The van der Waals surface area contributed by atoms with Gasteiger partial charge in [-0.2, -0.15) is 18.6 Å². The molecule has 10 heteroatoms. The molecule has 2 aromatic heterocycles. The molecule has 7 nitrogen and oxygen atoms in total. The van der Waals surface area contributed by atoms with Crippen LogP contribution in [0.15, 0.2) is 51.3 Å². The fourth-order valence-electron chi connectivity index (χ4n) is 2.14. The maximum absolute atomic E-state index is 12.4. The summed E-state index contributed by atoms with van der Waals surface area (Å²) in [5.41, 5.74) is 0.620. The summed E-state index contributed by atoms with van der Waals surface area (Å²) in [6.45, 7) is -2.93. The third kappa shape index (κ3) is 3.85. The van der Waals surface area contributed by atoms with Crippen LogP contribution in [0.4, 0.5) is 8.78 Å². The van der Waals surface area contributed by atoms with E-state index in [9.17, 15) is 8.78 Å². The average molecular weight is 380 g/mol. The zero-order chi connectivity index (χ0) is 18.5. The summed E-state index contributed by atoms with van der Waals surface area (Å²) >= 11 is 1.37. The van der Waals surface area contributed by atoms with Gasteiger partial charge in [0, 0.05) is 0 Å². The Morgan fingerprint density at radius 1 is 1.27 bits per heavy atom. The molecular weight excluding hydrogens is 366 g/mol. The van der Waals surface area contributed by atoms with E-state index in [-0.39, 0.29) is 11.5 Å². The summed E-state index contributed by atoms with van der Waals surface area (Å²) in [4.78, 5) is 0. The van der Waals surface area contributed by atoms with Gasteiger partial charge in [-0.3, -0.25) is 0 Å². The number of nitrogens with zero attached hydrogens (tertiary/aromatic N) is 4. The third-order valence-electron chi connectivity index (χ3n) is 3.26. The van der Waals surface area contributed by atoms with Crippen LogP contribution in [0.3, 0.4) is 0 Å². The summed E-state index contributed by atoms with van der Waals surface area (Å²) in [5.74, 6) is 1.09. The van der Waals surface area contributed by atoms with E-state index in [0.717, 1.165) is 0 Å². The summed E-state index contributed by atoms with van der Waals surface area (Å²) in [5, 5.41) is 13.1. The van der Waals surface area contributed by atoms with Gasteiger partial charge >= 0.3 is 6.61 Å². The Bertz CT molecular complexity index is 897. The fraction of sp³-hybridized carbons (Fsp3) is 0.188. The number of hydrogen-bond donors (Lipinski definition) is 0. The quantitative estimate of drug-likeness (QED) is 0.459. The summed E-state index contributed by atoms with van der Waals surface area (Å²) < 4.78 is 41.2. The van der Waals surface area contributed by atoms with Crippen LogP contribution in [0, 0.1) is 0 Å². The number of ether oxygens (including phenoxy) is 2. The number of halogens is 2. The van der Waals surface area contributed by atoms with E-state index in [1.54, 1.807) is 18.2 Å². The van der Waals surface area contributed by atoms with E-state index < -0.39 is 6.61 Å². The number of thioether (sulfide) groups is 1. The van der Waals surface area contributed by atoms with E-state index in [1.165, 1.54) is 48.2 Å². The number of furan rings is 1. The second-order valence-electron chi connectivity index (χ2n) is 4.83. The molecule has 0 aliphatic carbocycles. The van der Waals surface area contributed by atoms with Crippen molar-refractivity contribution in [2.75, 3.05) is 13.4 Å². The van der Waals surface area contributed by atoms with Crippen molar-refractivity contribution in [1.82, 2.24) is 14.9 Å². The van der Waals surface area contributed by atoms with Crippen LogP contribution in [0.25, 0.3) is 11.6 Å². The molecular formula is C16H14F2N4O3S. The van der Waals surface area contributed by atoms with E-state index in [2.05, 4.69) is 20.0 Å². The lowest BCUT2D eigenvalue weighted by Crippen LogP contribution is -2.04. The van der Waals surface area contributed by atoms with Crippen molar-refractivity contribution in [3.05, 3.63) is 42.2 Å². The lowest BCUT2D eigenvalue weighted by molar-refractivity contribution is -0.0512. The standard InChI is InChI=1S/C16H14F2N4O3S/c1-23-13-8-10(5-6-11(13)25-15(17)18)9-19-22-14(12-4-3-7-24-12)20-21-16(22)26-2/h3-9,15H,1-2H3. The topological polar surface area (TPSA) is 74.7 Å². The number of rotatable bonds is 7. The second kappa shape index (κ2) is 8.00. The molecule has 0 bridgehead atoms. The molecule has 0 unspecified atom stereocenters. The molecule has 0 aliphatic heterocycles. The predicted molar refractivity (Wildman–Crippen MR) is 92.1 cm³/mol. The van der Waals surface area contributed by atoms with Gasteiger partial charge in [-0.25, -0.2) is 0 Å². The highest BCUT2D eigenvalue weighted by Gasteiger charge is 2.15. The first-order chi connectivity index (χ1) is 12.6. The Morgan fingerprint density at radius 2 is 2.12 bits per heavy atom. The normalized spacial score (nSPS) is 11.4. The van der Waals surface area contributed by atoms with Gasteiger partial charge < -0.3 is 13.9 Å². The number of methoxy groups -OCH3 is 1. The minimum absolute atomic E-state index is 0.0509. The maximum Gasteiger partial charge on any atom is 0.387 e. The van der Waals surface area contributed by atoms with Crippen molar-refractivity contribution in [2.45, 2.75) is 11.8 Å². The zero-order valence-corrected chi connectivity index (χ0v) is 14.6. The Morgan fingerprint density at radius 3 is 2.77 bits per heavy atom. The van der Waals surface area contributed by atoms with E-state index in [4.69, 9.17) is 9.15 Å². The van der Waals surface area contributed by atoms with Crippen molar-refractivity contribution >= 4 is 18.0 Å². The summed E-state index contributed by atoms with van der Waals surface area (Å²) in [6, 6.07) is 8.00. The molecule has 2 heterocycles. The van der Waals surface area contributed by atoms with Gasteiger partial charge in [0.1, 0.15) is 0 Å². The first kappa shape index (κ1) is 17.9. The molecule has 3 aromatic rings. The van der Waals surface area contributed by atoms with E-state index in [1.807, 2.05) is 6.26 Å². The first-order valence-corrected chi connectivity index (χ1v) is 8.55. The van der Waals surface area contributed by atoms with Crippen molar-refractivity contribution in [3.8, 4) is 23.1 Å². The van der Waals surface area contributed by atoms with Crippen molar-refractivity contribution in [3.63, 3.8) is 0 Å². The van der Waals surface area contributed by atoms with Crippen molar-refractivity contribution in [1.29, 1.82) is 0 Å². The van der Waals surface area contributed by atoms with Gasteiger partial charge in [0.25, 0.3) is 0 Å². The molecule has 0 atom stereocenters. The SMILES string of the molecule is COc1cc(C=Nn2c(SC)nnc2-c2ccco2)ccc1OC(F)F. The second-order valence-corrected chi connectivity index (χ2v) is 5.61.